The summed E-state index contributed by atoms with van der Waals surface area (Å²) in [7, 11) is 0. The highest BCUT2D eigenvalue weighted by Crippen LogP contribution is 1.99. The van der Waals surface area contributed by atoms with E-state index in [4.69, 9.17) is 0 Å². The maximum Gasteiger partial charge on any atom is 0.148 e. The molecule has 66 valence electrons. The molecule has 1 heterocycles. The van der Waals surface area contributed by atoms with Crippen LogP contribution in [0.5, 0.6) is 0 Å². The molecule has 0 aliphatic rings. The number of rotatable bonds is 5. The molecule has 1 rings (SSSR count). The maximum absolute atomic E-state index is 3.92. The van der Waals surface area contributed by atoms with Gasteiger partial charge >= 0.3 is 0 Å². The number of hydrogen-bond donors (Lipinski definition) is 1. The van der Waals surface area contributed by atoms with E-state index in [1.54, 1.807) is 6.20 Å². The second-order valence-electron chi connectivity index (χ2n) is 2.74. The van der Waals surface area contributed by atoms with Crippen LogP contribution >= 0.6 is 0 Å². The Morgan fingerprint density at radius 2 is 2.33 bits per heavy atom. The summed E-state index contributed by atoms with van der Waals surface area (Å²) in [5, 5.41) is 10.9. The van der Waals surface area contributed by atoms with Gasteiger partial charge in [0.15, 0.2) is 0 Å². The molecule has 1 aromatic rings. The summed E-state index contributed by atoms with van der Waals surface area (Å²) in [5.41, 5.74) is 0. The lowest BCUT2D eigenvalue weighted by molar-refractivity contribution is 0.741. The van der Waals surface area contributed by atoms with Gasteiger partial charge in [0.05, 0.1) is 0 Å². The molecule has 0 unspecified atom stereocenters. The highest BCUT2D eigenvalue weighted by atomic mass is 15.2. The smallest absolute Gasteiger partial charge is 0.148 e. The van der Waals surface area contributed by atoms with Crippen molar-refractivity contribution in [2.75, 3.05) is 11.9 Å². The predicted molar refractivity (Wildman–Crippen MR) is 50.0 cm³/mol. The number of unbranched alkanes of at least 4 members (excludes halogenated alkanes) is 2. The number of hydrogen-bond acceptors (Lipinski definition) is 3. The highest BCUT2D eigenvalue weighted by Gasteiger charge is 1.90. The zero-order chi connectivity index (χ0) is 8.65. The zero-order valence-corrected chi connectivity index (χ0v) is 7.45. The first-order valence-electron chi connectivity index (χ1n) is 4.45. The molecule has 0 aliphatic carbocycles. The molecule has 0 aromatic carbocycles. The van der Waals surface area contributed by atoms with E-state index in [-0.39, 0.29) is 0 Å². The van der Waals surface area contributed by atoms with Crippen molar-refractivity contribution in [3.05, 3.63) is 18.3 Å². The summed E-state index contributed by atoms with van der Waals surface area (Å²) in [4.78, 5) is 0. The van der Waals surface area contributed by atoms with Crippen molar-refractivity contribution in [1.29, 1.82) is 0 Å². The highest BCUT2D eigenvalue weighted by molar-refractivity contribution is 5.30. The molecule has 1 aromatic heterocycles. The van der Waals surface area contributed by atoms with E-state index in [1.807, 2.05) is 12.1 Å². The minimum atomic E-state index is 0.869. The molecular weight excluding hydrogens is 150 g/mol. The molecule has 0 saturated carbocycles. The van der Waals surface area contributed by atoms with E-state index < -0.39 is 0 Å². The molecule has 0 fully saturated rings. The first-order valence-corrected chi connectivity index (χ1v) is 4.45. The third-order valence-corrected chi connectivity index (χ3v) is 1.66. The molecular formula is C9H15N3. The average molecular weight is 165 g/mol. The van der Waals surface area contributed by atoms with Crippen molar-refractivity contribution in [3.63, 3.8) is 0 Å². The van der Waals surface area contributed by atoms with Gasteiger partial charge in [-0.2, -0.15) is 5.10 Å². The van der Waals surface area contributed by atoms with Crippen LogP contribution in [0.3, 0.4) is 0 Å². The van der Waals surface area contributed by atoms with Crippen molar-refractivity contribution >= 4 is 5.82 Å². The summed E-state index contributed by atoms with van der Waals surface area (Å²) in [6.45, 7) is 3.19. The number of nitrogens with zero attached hydrogens (tertiary/aromatic N) is 2. The molecule has 0 aliphatic heterocycles. The van der Waals surface area contributed by atoms with Crippen molar-refractivity contribution in [1.82, 2.24) is 10.2 Å². The first kappa shape index (κ1) is 8.97. The molecule has 12 heavy (non-hydrogen) atoms. The van der Waals surface area contributed by atoms with Crippen LogP contribution in [-0.4, -0.2) is 16.7 Å². The Bertz CT molecular complexity index is 198. The molecule has 0 amide bonds. The fraction of sp³-hybridized carbons (Fsp3) is 0.556. The van der Waals surface area contributed by atoms with Gasteiger partial charge in [0, 0.05) is 12.7 Å². The fourth-order valence-electron chi connectivity index (χ4n) is 0.987. The van der Waals surface area contributed by atoms with Crippen LogP contribution in [0.2, 0.25) is 0 Å². The van der Waals surface area contributed by atoms with Crippen molar-refractivity contribution in [2.24, 2.45) is 0 Å². The van der Waals surface area contributed by atoms with Gasteiger partial charge in [-0.1, -0.05) is 19.8 Å². The third kappa shape index (κ3) is 3.32. The first-order chi connectivity index (χ1) is 5.93. The summed E-state index contributed by atoms with van der Waals surface area (Å²) >= 11 is 0. The second kappa shape index (κ2) is 5.52. The summed E-state index contributed by atoms with van der Waals surface area (Å²) in [5.74, 6) is 0.869. The lowest BCUT2D eigenvalue weighted by Gasteiger charge is -2.02. The van der Waals surface area contributed by atoms with Gasteiger partial charge in [-0.3, -0.25) is 0 Å². The van der Waals surface area contributed by atoms with E-state index in [0.29, 0.717) is 0 Å². The molecule has 0 saturated heterocycles. The normalized spacial score (nSPS) is 9.75. The fourth-order valence-corrected chi connectivity index (χ4v) is 0.987. The zero-order valence-electron chi connectivity index (χ0n) is 7.45. The van der Waals surface area contributed by atoms with Crippen molar-refractivity contribution in [3.8, 4) is 0 Å². The largest absolute Gasteiger partial charge is 0.369 e. The number of anilines is 1. The lowest BCUT2D eigenvalue weighted by atomic mass is 10.2. The average Bonchev–Trinajstić information content (AvgIpc) is 2.14. The summed E-state index contributed by atoms with van der Waals surface area (Å²) in [6.07, 6.45) is 5.40. The van der Waals surface area contributed by atoms with Crippen LogP contribution in [-0.2, 0) is 0 Å². The number of nitrogens with one attached hydrogen (secondary N) is 1. The lowest BCUT2D eigenvalue weighted by Crippen LogP contribution is -2.03. The Morgan fingerprint density at radius 1 is 1.42 bits per heavy atom. The van der Waals surface area contributed by atoms with E-state index in [0.717, 1.165) is 12.4 Å². The minimum Gasteiger partial charge on any atom is -0.369 e. The second-order valence-corrected chi connectivity index (χ2v) is 2.74. The van der Waals surface area contributed by atoms with Crippen LogP contribution in [0.15, 0.2) is 18.3 Å². The van der Waals surface area contributed by atoms with Crippen molar-refractivity contribution < 1.29 is 0 Å². The van der Waals surface area contributed by atoms with E-state index >= 15 is 0 Å². The molecule has 0 atom stereocenters. The van der Waals surface area contributed by atoms with Crippen LogP contribution in [0, 0.1) is 0 Å². The van der Waals surface area contributed by atoms with Crippen LogP contribution in [0.4, 0.5) is 5.82 Å². The Morgan fingerprint density at radius 3 is 3.00 bits per heavy atom. The quantitative estimate of drug-likeness (QED) is 0.679. The Hall–Kier alpha value is -1.12. The van der Waals surface area contributed by atoms with Gasteiger partial charge in [-0.25, -0.2) is 0 Å². The molecule has 1 N–H and O–H groups in total. The van der Waals surface area contributed by atoms with Gasteiger partial charge in [0.2, 0.25) is 0 Å². The summed E-state index contributed by atoms with van der Waals surface area (Å²) < 4.78 is 0. The van der Waals surface area contributed by atoms with Gasteiger partial charge in [0.1, 0.15) is 5.82 Å². The van der Waals surface area contributed by atoms with Gasteiger partial charge in [0.25, 0.3) is 0 Å². The van der Waals surface area contributed by atoms with E-state index in [1.165, 1.54) is 19.3 Å². The van der Waals surface area contributed by atoms with Gasteiger partial charge in [-0.05, 0) is 18.6 Å². The SMILES string of the molecule is CCCCCNc1cccnn1. The van der Waals surface area contributed by atoms with Crippen LogP contribution in [0.1, 0.15) is 26.2 Å². The predicted octanol–water partition coefficient (Wildman–Crippen LogP) is 2.08. The molecule has 3 nitrogen and oxygen atoms in total. The van der Waals surface area contributed by atoms with Crippen molar-refractivity contribution in [2.45, 2.75) is 26.2 Å². The standard InChI is InChI=1S/C9H15N3/c1-2-3-4-7-10-9-6-5-8-11-12-9/h5-6,8H,2-4,7H2,1H3,(H,10,12). The van der Waals surface area contributed by atoms with E-state index in [9.17, 15) is 0 Å². The van der Waals surface area contributed by atoms with Crippen LogP contribution < -0.4 is 5.32 Å². The summed E-state index contributed by atoms with van der Waals surface area (Å²) in [6, 6.07) is 3.81. The van der Waals surface area contributed by atoms with Gasteiger partial charge in [-0.15, -0.1) is 5.10 Å². The van der Waals surface area contributed by atoms with Gasteiger partial charge < -0.3 is 5.32 Å². The van der Waals surface area contributed by atoms with Crippen LogP contribution in [0.25, 0.3) is 0 Å². The Labute approximate surface area is 73.2 Å². The molecule has 0 bridgehead atoms. The van der Waals surface area contributed by atoms with E-state index in [2.05, 4.69) is 22.4 Å². The molecule has 3 heteroatoms. The number of aromatic nitrogens is 2. The maximum atomic E-state index is 3.92. The Kier molecular flexibility index (Phi) is 4.13. The minimum absolute atomic E-state index is 0.869. The monoisotopic (exact) mass is 165 g/mol. The third-order valence-electron chi connectivity index (χ3n) is 1.66. The Balaban J connectivity index is 2.16. The molecule has 0 spiro atoms. The molecule has 0 radical (unpaired) electrons. The topological polar surface area (TPSA) is 37.8 Å².